The number of anilines is 2. The van der Waals surface area contributed by atoms with Crippen molar-refractivity contribution in [1.82, 2.24) is 15.0 Å². The van der Waals surface area contributed by atoms with Crippen LogP contribution in [0.15, 0.2) is 0 Å². The topological polar surface area (TPSA) is 109 Å². The van der Waals surface area contributed by atoms with E-state index in [2.05, 4.69) is 27.3 Å². The number of ether oxygens (including phenoxy) is 1. The van der Waals surface area contributed by atoms with Gasteiger partial charge in [-0.25, -0.2) is 5.84 Å². The quantitative estimate of drug-likeness (QED) is 0.432. The average Bonchev–Trinajstić information content (AvgIpc) is 2.42. The lowest BCUT2D eigenvalue weighted by Crippen LogP contribution is -2.30. The molecule has 102 valence electrons. The molecule has 0 fully saturated rings. The largest absolute Gasteiger partial charge is 0.467 e. The van der Waals surface area contributed by atoms with E-state index in [4.69, 9.17) is 15.7 Å². The van der Waals surface area contributed by atoms with Crippen LogP contribution in [-0.2, 0) is 0 Å². The van der Waals surface area contributed by atoms with Gasteiger partial charge < -0.3 is 14.7 Å². The van der Waals surface area contributed by atoms with E-state index < -0.39 is 0 Å². The summed E-state index contributed by atoms with van der Waals surface area (Å²) in [6, 6.07) is 0.187. The van der Waals surface area contributed by atoms with E-state index in [1.807, 2.05) is 4.90 Å². The van der Waals surface area contributed by atoms with E-state index in [9.17, 15) is 0 Å². The maximum Gasteiger partial charge on any atom is 0.322 e. The van der Waals surface area contributed by atoms with Crippen molar-refractivity contribution in [3.8, 4) is 6.01 Å². The molecule has 0 bridgehead atoms. The Balaban J connectivity index is 2.93. The third kappa shape index (κ3) is 3.97. The highest BCUT2D eigenvalue weighted by atomic mass is 16.5. The Morgan fingerprint density at radius 3 is 2.67 bits per heavy atom. The molecule has 8 heteroatoms. The van der Waals surface area contributed by atoms with Crippen molar-refractivity contribution in [2.24, 2.45) is 5.84 Å². The molecule has 8 nitrogen and oxygen atoms in total. The van der Waals surface area contributed by atoms with Gasteiger partial charge >= 0.3 is 6.01 Å². The second-order valence-corrected chi connectivity index (χ2v) is 3.65. The van der Waals surface area contributed by atoms with Crippen molar-refractivity contribution in [1.29, 1.82) is 0 Å². The number of methoxy groups -OCH3 is 1. The molecule has 4 N–H and O–H groups in total. The first kappa shape index (κ1) is 14.4. The fourth-order valence-corrected chi connectivity index (χ4v) is 1.42. The van der Waals surface area contributed by atoms with Gasteiger partial charge in [-0.1, -0.05) is 13.3 Å². The van der Waals surface area contributed by atoms with E-state index in [0.717, 1.165) is 19.4 Å². The third-order valence-corrected chi connectivity index (χ3v) is 2.35. The first-order chi connectivity index (χ1) is 8.74. The highest BCUT2D eigenvalue weighted by molar-refractivity contribution is 5.37. The molecule has 0 saturated carbocycles. The number of aliphatic hydroxyl groups is 1. The summed E-state index contributed by atoms with van der Waals surface area (Å²) < 4.78 is 4.98. The van der Waals surface area contributed by atoms with Crippen LogP contribution < -0.4 is 20.9 Å². The SMILES string of the molecule is CCCCN(CCO)c1nc(NN)nc(OC)n1. The molecule has 0 spiro atoms. The molecule has 1 aromatic heterocycles. The molecule has 0 atom stereocenters. The molecule has 1 rings (SSSR count). The van der Waals surface area contributed by atoms with Crippen LogP contribution in [0.3, 0.4) is 0 Å². The van der Waals surface area contributed by atoms with Crippen LogP contribution >= 0.6 is 0 Å². The van der Waals surface area contributed by atoms with Crippen molar-refractivity contribution in [2.75, 3.05) is 37.1 Å². The first-order valence-electron chi connectivity index (χ1n) is 5.87. The number of nitrogens with two attached hydrogens (primary N) is 1. The summed E-state index contributed by atoms with van der Waals surface area (Å²) >= 11 is 0. The molecule has 18 heavy (non-hydrogen) atoms. The van der Waals surface area contributed by atoms with Gasteiger partial charge in [0.25, 0.3) is 0 Å². The van der Waals surface area contributed by atoms with Gasteiger partial charge in [0.05, 0.1) is 13.7 Å². The lowest BCUT2D eigenvalue weighted by atomic mass is 10.3. The van der Waals surface area contributed by atoms with Gasteiger partial charge in [0.2, 0.25) is 11.9 Å². The van der Waals surface area contributed by atoms with Gasteiger partial charge in [-0.05, 0) is 6.42 Å². The summed E-state index contributed by atoms with van der Waals surface area (Å²) in [5, 5.41) is 9.07. The van der Waals surface area contributed by atoms with E-state index in [0.29, 0.717) is 12.5 Å². The van der Waals surface area contributed by atoms with E-state index in [1.54, 1.807) is 0 Å². The number of rotatable bonds is 8. The number of aromatic nitrogens is 3. The van der Waals surface area contributed by atoms with Gasteiger partial charge in [-0.3, -0.25) is 5.43 Å². The predicted octanol–water partition coefficient (Wildman–Crippen LogP) is -0.235. The second kappa shape index (κ2) is 7.62. The third-order valence-electron chi connectivity index (χ3n) is 2.35. The van der Waals surface area contributed by atoms with Crippen molar-refractivity contribution < 1.29 is 9.84 Å². The van der Waals surface area contributed by atoms with Gasteiger partial charge in [0, 0.05) is 13.1 Å². The number of nitrogens with zero attached hydrogens (tertiary/aromatic N) is 4. The smallest absolute Gasteiger partial charge is 0.322 e. The number of hydrogen-bond acceptors (Lipinski definition) is 8. The monoisotopic (exact) mass is 256 g/mol. The Morgan fingerprint density at radius 2 is 2.11 bits per heavy atom. The average molecular weight is 256 g/mol. The van der Waals surface area contributed by atoms with Gasteiger partial charge in [-0.15, -0.1) is 0 Å². The molecule has 0 aliphatic carbocycles. The Labute approximate surface area is 106 Å². The summed E-state index contributed by atoms with van der Waals surface area (Å²) in [5.74, 6) is 5.96. The number of unbranched alkanes of at least 4 members (excludes halogenated alkanes) is 1. The zero-order valence-electron chi connectivity index (χ0n) is 10.8. The normalized spacial score (nSPS) is 10.2. The van der Waals surface area contributed by atoms with Crippen LogP contribution in [-0.4, -0.2) is 46.9 Å². The minimum Gasteiger partial charge on any atom is -0.467 e. The Morgan fingerprint density at radius 1 is 1.33 bits per heavy atom. The minimum atomic E-state index is 0.0309. The number of hydrazine groups is 1. The van der Waals surface area contributed by atoms with E-state index in [1.165, 1.54) is 7.11 Å². The molecule has 0 saturated heterocycles. The molecular formula is C10H20N6O2. The van der Waals surface area contributed by atoms with Crippen LogP contribution in [0.1, 0.15) is 19.8 Å². The molecule has 1 heterocycles. The molecular weight excluding hydrogens is 236 g/mol. The van der Waals surface area contributed by atoms with Crippen LogP contribution in [0.2, 0.25) is 0 Å². The highest BCUT2D eigenvalue weighted by Gasteiger charge is 2.12. The Hall–Kier alpha value is -1.67. The summed E-state index contributed by atoms with van der Waals surface area (Å²) in [4.78, 5) is 14.1. The van der Waals surface area contributed by atoms with Gasteiger partial charge in [0.15, 0.2) is 0 Å². The van der Waals surface area contributed by atoms with Crippen LogP contribution in [0.4, 0.5) is 11.9 Å². The maximum absolute atomic E-state index is 9.07. The van der Waals surface area contributed by atoms with E-state index in [-0.39, 0.29) is 18.6 Å². The number of hydrogen-bond donors (Lipinski definition) is 3. The first-order valence-corrected chi connectivity index (χ1v) is 5.87. The van der Waals surface area contributed by atoms with Crippen molar-refractivity contribution in [3.63, 3.8) is 0 Å². The molecule has 0 radical (unpaired) electrons. The zero-order chi connectivity index (χ0) is 13.4. The zero-order valence-corrected chi connectivity index (χ0v) is 10.8. The molecule has 0 aromatic carbocycles. The van der Waals surface area contributed by atoms with Crippen molar-refractivity contribution in [3.05, 3.63) is 0 Å². The van der Waals surface area contributed by atoms with Gasteiger partial charge in [-0.2, -0.15) is 15.0 Å². The van der Waals surface area contributed by atoms with Gasteiger partial charge in [0.1, 0.15) is 0 Å². The lowest BCUT2D eigenvalue weighted by Gasteiger charge is -2.21. The molecule has 0 aliphatic rings. The fourth-order valence-electron chi connectivity index (χ4n) is 1.42. The van der Waals surface area contributed by atoms with Crippen LogP contribution in [0, 0.1) is 0 Å². The molecule has 0 unspecified atom stereocenters. The number of aliphatic hydroxyl groups excluding tert-OH is 1. The number of nitrogen functional groups attached to an aromatic ring is 1. The van der Waals surface area contributed by atoms with Crippen LogP contribution in [0.5, 0.6) is 6.01 Å². The second-order valence-electron chi connectivity index (χ2n) is 3.65. The molecule has 0 amide bonds. The Bertz CT molecular complexity index is 340. The van der Waals surface area contributed by atoms with Crippen LogP contribution in [0.25, 0.3) is 0 Å². The summed E-state index contributed by atoms with van der Waals surface area (Å²) in [6.07, 6.45) is 2.03. The minimum absolute atomic E-state index is 0.0309. The van der Waals surface area contributed by atoms with Crippen molar-refractivity contribution >= 4 is 11.9 Å². The Kier molecular flexibility index (Phi) is 6.09. The fraction of sp³-hybridized carbons (Fsp3) is 0.700. The molecule has 1 aromatic rings. The number of nitrogens with one attached hydrogen (secondary N) is 1. The maximum atomic E-state index is 9.07. The van der Waals surface area contributed by atoms with E-state index >= 15 is 0 Å². The standard InChI is InChI=1S/C10H20N6O2/c1-3-4-5-16(6-7-17)9-12-8(15-11)13-10(14-9)18-2/h17H,3-7,11H2,1-2H3,(H,12,13,14,15). The summed E-state index contributed by atoms with van der Waals surface area (Å²) in [6.45, 7) is 3.34. The lowest BCUT2D eigenvalue weighted by molar-refractivity contribution is 0.300. The van der Waals surface area contributed by atoms with Crippen molar-refractivity contribution in [2.45, 2.75) is 19.8 Å². The predicted molar refractivity (Wildman–Crippen MR) is 68.4 cm³/mol. The highest BCUT2D eigenvalue weighted by Crippen LogP contribution is 2.14. The molecule has 0 aliphatic heterocycles. The summed E-state index contributed by atoms with van der Waals surface area (Å²) in [7, 11) is 1.47. The summed E-state index contributed by atoms with van der Waals surface area (Å²) in [5.41, 5.74) is 2.36.